The Hall–Kier alpha value is -0.450. The second-order valence-electron chi connectivity index (χ2n) is 5.29. The van der Waals surface area contributed by atoms with Crippen LogP contribution in [0.15, 0.2) is 0 Å². The molecule has 2 fully saturated rings. The maximum Gasteiger partial charge on any atom is 0.163 e. The highest BCUT2D eigenvalue weighted by Crippen LogP contribution is 2.38. The molecule has 0 amide bonds. The molecule has 2 aliphatic heterocycles. The molecule has 0 aliphatic carbocycles. The van der Waals surface area contributed by atoms with Gasteiger partial charge in [0.15, 0.2) is 6.29 Å². The van der Waals surface area contributed by atoms with Gasteiger partial charge >= 0.3 is 0 Å². The summed E-state index contributed by atoms with van der Waals surface area (Å²) in [6.45, 7) is 0. The van der Waals surface area contributed by atoms with Crippen LogP contribution in [0.4, 0.5) is 0 Å². The summed E-state index contributed by atoms with van der Waals surface area (Å²) >= 11 is 0. The summed E-state index contributed by atoms with van der Waals surface area (Å²) < 4.78 is 10.2. The molecule has 0 aromatic carbocycles. The van der Waals surface area contributed by atoms with Crippen molar-refractivity contribution < 1.29 is 14.3 Å². The van der Waals surface area contributed by atoms with Gasteiger partial charge in [-0.05, 0) is 32.7 Å². The Kier molecular flexibility index (Phi) is 4.17. The van der Waals surface area contributed by atoms with E-state index >= 15 is 0 Å². The molecule has 2 aliphatic rings. The minimum atomic E-state index is -0.375. The maximum absolute atomic E-state index is 12.2. The fourth-order valence-corrected chi connectivity index (χ4v) is 3.27. The summed E-state index contributed by atoms with van der Waals surface area (Å²) in [7, 11) is 5.36. The number of methoxy groups -OCH3 is 2. The first-order chi connectivity index (χ1) is 8.15. The smallest absolute Gasteiger partial charge is 0.163 e. The number of carbonyl (C=O) groups excluding carboxylic acids is 1. The predicted octanol–water partition coefficient (Wildman–Crippen LogP) is 1.44. The van der Waals surface area contributed by atoms with Crippen LogP contribution < -0.4 is 0 Å². The van der Waals surface area contributed by atoms with Gasteiger partial charge in [0.25, 0.3) is 0 Å². The fraction of sp³-hybridized carbons (Fsp3) is 0.923. The number of ketones is 1. The first kappa shape index (κ1) is 13.0. The fourth-order valence-electron chi connectivity index (χ4n) is 3.27. The largest absolute Gasteiger partial charge is 0.355 e. The Morgan fingerprint density at radius 1 is 1.24 bits per heavy atom. The maximum atomic E-state index is 12.2. The van der Waals surface area contributed by atoms with Gasteiger partial charge < -0.3 is 14.4 Å². The van der Waals surface area contributed by atoms with E-state index in [0.29, 0.717) is 24.3 Å². The standard InChI is InChI=1S/C13H23NO3/c1-14-10-4-5-11(14)7-9(6-10)12(15)8-13(16-2)17-3/h9-11,13H,4-8H2,1-3H3. The molecular weight excluding hydrogens is 218 g/mol. The highest BCUT2D eigenvalue weighted by molar-refractivity contribution is 5.81. The van der Waals surface area contributed by atoms with Gasteiger partial charge in [0.05, 0.1) is 6.42 Å². The zero-order valence-corrected chi connectivity index (χ0v) is 11.0. The lowest BCUT2D eigenvalue weighted by Crippen LogP contribution is -2.42. The third-order valence-corrected chi connectivity index (χ3v) is 4.45. The van der Waals surface area contributed by atoms with Crippen molar-refractivity contribution in [3.8, 4) is 0 Å². The summed E-state index contributed by atoms with van der Waals surface area (Å²) in [5.41, 5.74) is 0. The molecule has 0 N–H and O–H groups in total. The van der Waals surface area contributed by atoms with E-state index in [-0.39, 0.29) is 12.2 Å². The van der Waals surface area contributed by atoms with E-state index in [1.807, 2.05) is 0 Å². The molecule has 2 bridgehead atoms. The Labute approximate surface area is 103 Å². The molecule has 0 radical (unpaired) electrons. The monoisotopic (exact) mass is 241 g/mol. The van der Waals surface area contributed by atoms with E-state index in [2.05, 4.69) is 11.9 Å². The van der Waals surface area contributed by atoms with Crippen LogP contribution in [0.1, 0.15) is 32.1 Å². The number of nitrogens with zero attached hydrogens (tertiary/aromatic N) is 1. The summed E-state index contributed by atoms with van der Waals surface area (Å²) in [5, 5.41) is 0. The average Bonchev–Trinajstić information content (AvgIpc) is 2.58. The number of fused-ring (bicyclic) bond motifs is 2. The highest BCUT2D eigenvalue weighted by Gasteiger charge is 2.40. The van der Waals surface area contributed by atoms with Crippen molar-refractivity contribution in [2.75, 3.05) is 21.3 Å². The Morgan fingerprint density at radius 2 is 1.76 bits per heavy atom. The van der Waals surface area contributed by atoms with Crippen LogP contribution in [0.5, 0.6) is 0 Å². The van der Waals surface area contributed by atoms with E-state index in [0.717, 1.165) is 12.8 Å². The molecule has 0 spiro atoms. The minimum Gasteiger partial charge on any atom is -0.355 e. The van der Waals surface area contributed by atoms with Crippen molar-refractivity contribution in [1.82, 2.24) is 4.90 Å². The summed E-state index contributed by atoms with van der Waals surface area (Å²) in [6, 6.07) is 1.23. The van der Waals surface area contributed by atoms with Gasteiger partial charge in [-0.3, -0.25) is 4.79 Å². The second-order valence-corrected chi connectivity index (χ2v) is 5.29. The number of ether oxygens (including phenoxy) is 2. The van der Waals surface area contributed by atoms with Gasteiger partial charge in [-0.2, -0.15) is 0 Å². The van der Waals surface area contributed by atoms with Gasteiger partial charge in [0, 0.05) is 32.2 Å². The molecule has 98 valence electrons. The van der Waals surface area contributed by atoms with Crippen LogP contribution >= 0.6 is 0 Å². The van der Waals surface area contributed by atoms with E-state index in [1.165, 1.54) is 12.8 Å². The summed E-state index contributed by atoms with van der Waals surface area (Å²) in [6.07, 6.45) is 4.56. The van der Waals surface area contributed by atoms with Crippen molar-refractivity contribution in [2.45, 2.75) is 50.5 Å². The molecular formula is C13H23NO3. The number of rotatable bonds is 5. The lowest BCUT2D eigenvalue weighted by atomic mass is 9.86. The number of Topliss-reactive ketones (excluding diaryl/α,β-unsaturated/α-hetero) is 1. The SMILES string of the molecule is COC(CC(=O)C1CC2CCC(C1)N2C)OC. The zero-order valence-electron chi connectivity index (χ0n) is 11.0. The van der Waals surface area contributed by atoms with Crippen molar-refractivity contribution in [1.29, 1.82) is 0 Å². The molecule has 2 rings (SSSR count). The normalized spacial score (nSPS) is 33.3. The first-order valence-electron chi connectivity index (χ1n) is 6.46. The van der Waals surface area contributed by atoms with Crippen molar-refractivity contribution in [2.24, 2.45) is 5.92 Å². The lowest BCUT2D eigenvalue weighted by molar-refractivity contribution is -0.142. The number of hydrogen-bond donors (Lipinski definition) is 0. The van der Waals surface area contributed by atoms with Gasteiger partial charge in [-0.1, -0.05) is 0 Å². The van der Waals surface area contributed by atoms with E-state index in [4.69, 9.17) is 9.47 Å². The summed E-state index contributed by atoms with van der Waals surface area (Å²) in [5.74, 6) is 0.528. The molecule has 4 heteroatoms. The van der Waals surface area contributed by atoms with Crippen LogP contribution in [0.2, 0.25) is 0 Å². The Morgan fingerprint density at radius 3 is 2.24 bits per heavy atom. The number of carbonyl (C=O) groups is 1. The highest BCUT2D eigenvalue weighted by atomic mass is 16.7. The lowest BCUT2D eigenvalue weighted by Gasteiger charge is -2.35. The van der Waals surface area contributed by atoms with Gasteiger partial charge in [0.2, 0.25) is 0 Å². The Balaban J connectivity index is 1.89. The molecule has 2 saturated heterocycles. The van der Waals surface area contributed by atoms with E-state index < -0.39 is 0 Å². The topological polar surface area (TPSA) is 38.8 Å². The van der Waals surface area contributed by atoms with Gasteiger partial charge in [-0.15, -0.1) is 0 Å². The van der Waals surface area contributed by atoms with E-state index in [9.17, 15) is 4.79 Å². The van der Waals surface area contributed by atoms with Crippen LogP contribution in [-0.4, -0.2) is 50.3 Å². The molecule has 0 aromatic heterocycles. The molecule has 17 heavy (non-hydrogen) atoms. The summed E-state index contributed by atoms with van der Waals surface area (Å²) in [4.78, 5) is 14.6. The average molecular weight is 241 g/mol. The molecule has 2 unspecified atom stereocenters. The minimum absolute atomic E-state index is 0.219. The van der Waals surface area contributed by atoms with Gasteiger partial charge in [-0.25, -0.2) is 0 Å². The van der Waals surface area contributed by atoms with Crippen LogP contribution in [-0.2, 0) is 14.3 Å². The molecule has 0 saturated carbocycles. The van der Waals surface area contributed by atoms with Crippen LogP contribution in [0, 0.1) is 5.92 Å². The third-order valence-electron chi connectivity index (χ3n) is 4.45. The number of hydrogen-bond acceptors (Lipinski definition) is 4. The van der Waals surface area contributed by atoms with E-state index in [1.54, 1.807) is 14.2 Å². The van der Waals surface area contributed by atoms with Crippen molar-refractivity contribution in [3.05, 3.63) is 0 Å². The zero-order chi connectivity index (χ0) is 12.4. The van der Waals surface area contributed by atoms with Crippen molar-refractivity contribution >= 4 is 5.78 Å². The van der Waals surface area contributed by atoms with Crippen LogP contribution in [0.3, 0.4) is 0 Å². The predicted molar refractivity (Wildman–Crippen MR) is 64.7 cm³/mol. The molecule has 2 atom stereocenters. The van der Waals surface area contributed by atoms with Crippen LogP contribution in [0.25, 0.3) is 0 Å². The van der Waals surface area contributed by atoms with Crippen molar-refractivity contribution in [3.63, 3.8) is 0 Å². The quantitative estimate of drug-likeness (QED) is 0.683. The first-order valence-corrected chi connectivity index (χ1v) is 6.46. The molecule has 4 nitrogen and oxygen atoms in total. The molecule has 0 aromatic rings. The Bertz CT molecular complexity index is 264. The third kappa shape index (κ3) is 2.69. The van der Waals surface area contributed by atoms with Gasteiger partial charge in [0.1, 0.15) is 5.78 Å². The second kappa shape index (κ2) is 5.46. The molecule has 2 heterocycles. The number of piperidine rings is 1.